The summed E-state index contributed by atoms with van der Waals surface area (Å²) in [5.41, 5.74) is 0. The summed E-state index contributed by atoms with van der Waals surface area (Å²) in [6, 6.07) is 4.86. The van der Waals surface area contributed by atoms with Gasteiger partial charge >= 0.3 is 0 Å². The highest BCUT2D eigenvalue weighted by atomic mass is 14.3. The third-order valence-corrected chi connectivity index (χ3v) is 0.526. The lowest BCUT2D eigenvalue weighted by Gasteiger charge is -1.80. The zero-order valence-corrected chi connectivity index (χ0v) is 4.05. The zero-order valence-electron chi connectivity index (χ0n) is 4.05. The van der Waals surface area contributed by atoms with Crippen molar-refractivity contribution in [3.8, 4) is 18.2 Å². The predicted molar refractivity (Wildman–Crippen MR) is 24.7 cm³/mol. The molecule has 0 spiro atoms. The Morgan fingerprint density at radius 3 is 1.75 bits per heavy atom. The summed E-state index contributed by atoms with van der Waals surface area (Å²) in [4.78, 5) is 0. The van der Waals surface area contributed by atoms with E-state index < -0.39 is 0 Å². The Balaban J connectivity index is 3.68. The standard InChI is InChI=1S/C5H2N3/c6-2-1-5(3-7)4-8/h1H2. The van der Waals surface area contributed by atoms with Gasteiger partial charge in [-0.15, -0.1) is 0 Å². The zero-order chi connectivity index (χ0) is 6.41. The summed E-state index contributed by atoms with van der Waals surface area (Å²) in [7, 11) is 0. The second-order valence-corrected chi connectivity index (χ2v) is 1.04. The molecular weight excluding hydrogens is 102 g/mol. The average Bonchev–Trinajstić information content (AvgIpc) is 1.83. The van der Waals surface area contributed by atoms with E-state index in [4.69, 9.17) is 15.8 Å². The van der Waals surface area contributed by atoms with Crippen LogP contribution in [0.2, 0.25) is 0 Å². The Labute approximate surface area is 47.4 Å². The van der Waals surface area contributed by atoms with Gasteiger partial charge < -0.3 is 0 Å². The van der Waals surface area contributed by atoms with Crippen LogP contribution >= 0.6 is 0 Å². The van der Waals surface area contributed by atoms with Gasteiger partial charge in [-0.05, 0) is 0 Å². The highest BCUT2D eigenvalue weighted by molar-refractivity contribution is 5.28. The fourth-order valence-electron chi connectivity index (χ4n) is 0.183. The van der Waals surface area contributed by atoms with Crippen LogP contribution in [0, 0.1) is 39.9 Å². The van der Waals surface area contributed by atoms with Crippen molar-refractivity contribution in [3.63, 3.8) is 0 Å². The van der Waals surface area contributed by atoms with Crippen LogP contribution in [0.4, 0.5) is 0 Å². The molecule has 0 fully saturated rings. The minimum atomic E-state index is -0.0764. The first-order chi connectivity index (χ1) is 3.85. The van der Waals surface area contributed by atoms with E-state index in [1.165, 1.54) is 0 Å². The smallest absolute Gasteiger partial charge is 0.189 e. The fourth-order valence-corrected chi connectivity index (χ4v) is 0.183. The maximum absolute atomic E-state index is 8.00. The van der Waals surface area contributed by atoms with Crippen LogP contribution in [0.1, 0.15) is 6.42 Å². The number of rotatable bonds is 1. The van der Waals surface area contributed by atoms with Gasteiger partial charge in [-0.3, -0.25) is 0 Å². The molecule has 0 aromatic carbocycles. The molecule has 3 nitrogen and oxygen atoms in total. The highest BCUT2D eigenvalue weighted by Gasteiger charge is 2.03. The van der Waals surface area contributed by atoms with Gasteiger partial charge in [0.2, 0.25) is 0 Å². The molecule has 0 bridgehead atoms. The first kappa shape index (κ1) is 6.47. The van der Waals surface area contributed by atoms with Gasteiger partial charge in [0, 0.05) is 0 Å². The Morgan fingerprint density at radius 2 is 1.62 bits per heavy atom. The molecule has 0 saturated heterocycles. The van der Waals surface area contributed by atoms with Crippen molar-refractivity contribution < 1.29 is 0 Å². The van der Waals surface area contributed by atoms with Crippen LogP contribution in [0.3, 0.4) is 0 Å². The minimum Gasteiger partial charge on any atom is -0.198 e. The first-order valence-electron chi connectivity index (χ1n) is 1.88. The summed E-state index contributed by atoms with van der Waals surface area (Å²) in [6.07, 6.45) is -0.0764. The van der Waals surface area contributed by atoms with Gasteiger partial charge in [0.15, 0.2) is 5.92 Å². The number of nitriles is 3. The maximum atomic E-state index is 8.00. The third-order valence-electron chi connectivity index (χ3n) is 0.526. The van der Waals surface area contributed by atoms with Crippen molar-refractivity contribution in [2.45, 2.75) is 6.42 Å². The molecule has 0 aromatic heterocycles. The summed E-state index contributed by atoms with van der Waals surface area (Å²) in [5, 5.41) is 23.9. The van der Waals surface area contributed by atoms with E-state index in [0.29, 0.717) is 0 Å². The summed E-state index contributed by atoms with van der Waals surface area (Å²) < 4.78 is 0. The highest BCUT2D eigenvalue weighted by Crippen LogP contribution is 1.98. The van der Waals surface area contributed by atoms with Gasteiger partial charge in [0.25, 0.3) is 0 Å². The van der Waals surface area contributed by atoms with E-state index in [1.807, 2.05) is 0 Å². The summed E-state index contributed by atoms with van der Waals surface area (Å²) >= 11 is 0. The summed E-state index contributed by atoms with van der Waals surface area (Å²) in [6.45, 7) is 0. The Kier molecular flexibility index (Phi) is 2.95. The molecule has 0 N–H and O–H groups in total. The third kappa shape index (κ3) is 1.80. The molecule has 0 heterocycles. The van der Waals surface area contributed by atoms with Crippen LogP contribution in [0.5, 0.6) is 0 Å². The van der Waals surface area contributed by atoms with Gasteiger partial charge in [-0.1, -0.05) is 0 Å². The van der Waals surface area contributed by atoms with Crippen molar-refractivity contribution in [3.05, 3.63) is 5.92 Å². The molecule has 0 amide bonds. The van der Waals surface area contributed by atoms with Crippen molar-refractivity contribution >= 4 is 0 Å². The molecule has 37 valence electrons. The Hall–Kier alpha value is -1.53. The van der Waals surface area contributed by atoms with Crippen molar-refractivity contribution in [2.24, 2.45) is 0 Å². The molecule has 0 saturated carbocycles. The lowest BCUT2D eigenvalue weighted by Crippen LogP contribution is -1.84. The van der Waals surface area contributed by atoms with Crippen molar-refractivity contribution in [1.29, 1.82) is 15.8 Å². The lowest BCUT2D eigenvalue weighted by molar-refractivity contribution is 1.16. The SMILES string of the molecule is N#CC[C](C#N)C#N. The van der Waals surface area contributed by atoms with Crippen molar-refractivity contribution in [1.82, 2.24) is 0 Å². The van der Waals surface area contributed by atoms with E-state index in [2.05, 4.69) is 0 Å². The minimum absolute atomic E-state index is 0.0347. The molecule has 0 atom stereocenters. The van der Waals surface area contributed by atoms with E-state index in [1.54, 1.807) is 18.2 Å². The van der Waals surface area contributed by atoms with E-state index in [9.17, 15) is 0 Å². The molecule has 3 heteroatoms. The molecule has 8 heavy (non-hydrogen) atoms. The van der Waals surface area contributed by atoms with E-state index >= 15 is 0 Å². The molecule has 1 radical (unpaired) electrons. The van der Waals surface area contributed by atoms with Crippen LogP contribution in [-0.4, -0.2) is 0 Å². The molecule has 0 aromatic rings. The molecule has 0 aliphatic rings. The normalized spacial score (nSPS) is 6.75. The van der Waals surface area contributed by atoms with Gasteiger partial charge in [-0.2, -0.15) is 15.8 Å². The summed E-state index contributed by atoms with van der Waals surface area (Å²) in [5.74, 6) is -0.0347. The average molecular weight is 104 g/mol. The Morgan fingerprint density at radius 1 is 1.12 bits per heavy atom. The van der Waals surface area contributed by atoms with E-state index in [-0.39, 0.29) is 12.3 Å². The molecule has 0 aliphatic carbocycles. The van der Waals surface area contributed by atoms with Gasteiger partial charge in [0.1, 0.15) is 0 Å². The van der Waals surface area contributed by atoms with Crippen LogP contribution < -0.4 is 0 Å². The van der Waals surface area contributed by atoms with Gasteiger partial charge in [0.05, 0.1) is 24.6 Å². The quantitative estimate of drug-likeness (QED) is 0.486. The molecule has 0 unspecified atom stereocenters. The lowest BCUT2D eigenvalue weighted by atomic mass is 10.1. The second kappa shape index (κ2) is 3.65. The molecule has 0 rings (SSSR count). The topological polar surface area (TPSA) is 71.4 Å². The van der Waals surface area contributed by atoms with Crippen LogP contribution in [0.15, 0.2) is 0 Å². The number of hydrogen-bond acceptors (Lipinski definition) is 3. The first-order valence-corrected chi connectivity index (χ1v) is 1.88. The molecular formula is C5H2N3. The van der Waals surface area contributed by atoms with E-state index in [0.717, 1.165) is 0 Å². The fraction of sp³-hybridized carbons (Fsp3) is 0.200. The monoisotopic (exact) mass is 104 g/mol. The van der Waals surface area contributed by atoms with Crippen LogP contribution in [0.25, 0.3) is 0 Å². The number of nitrogens with zero attached hydrogens (tertiary/aromatic N) is 3. The number of hydrogen-bond donors (Lipinski definition) is 0. The van der Waals surface area contributed by atoms with Gasteiger partial charge in [-0.25, -0.2) is 0 Å². The Bertz CT molecular complexity index is 161. The molecule has 0 aliphatic heterocycles. The van der Waals surface area contributed by atoms with Crippen molar-refractivity contribution in [2.75, 3.05) is 0 Å². The maximum Gasteiger partial charge on any atom is 0.189 e. The van der Waals surface area contributed by atoms with Crippen LogP contribution in [-0.2, 0) is 0 Å². The largest absolute Gasteiger partial charge is 0.198 e. The second-order valence-electron chi connectivity index (χ2n) is 1.04. The predicted octanol–water partition coefficient (Wildman–Crippen LogP) is 0.522.